The summed E-state index contributed by atoms with van der Waals surface area (Å²) < 4.78 is 34.3. The molecule has 0 saturated heterocycles. The largest absolute Gasteiger partial charge is 0.756 e. The van der Waals surface area contributed by atoms with Gasteiger partial charge in [0.25, 0.3) is 7.82 Å². The van der Waals surface area contributed by atoms with Crippen molar-refractivity contribution in [2.45, 2.75) is 315 Å². The molecule has 2 unspecified atom stereocenters. The van der Waals surface area contributed by atoms with Gasteiger partial charge in [-0.2, -0.15) is 0 Å². The normalized spacial score (nSPS) is 13.8. The molecule has 0 aliphatic rings. The number of unbranched alkanes of at least 4 members (excludes halogenated alkanes) is 32. The Morgan fingerprint density at radius 1 is 0.352 bits per heavy atom. The summed E-state index contributed by atoms with van der Waals surface area (Å²) in [7, 11) is 1.16. The molecular formula is C78H136NO8P. The maximum absolute atomic E-state index is 12.9. The maximum Gasteiger partial charge on any atom is 0.306 e. The van der Waals surface area contributed by atoms with Gasteiger partial charge in [0.05, 0.1) is 27.7 Å². The lowest BCUT2D eigenvalue weighted by Gasteiger charge is -2.28. The molecule has 0 bridgehead atoms. The Kier molecular flexibility index (Phi) is 65.0. The van der Waals surface area contributed by atoms with E-state index in [0.29, 0.717) is 17.4 Å². The highest BCUT2D eigenvalue weighted by Gasteiger charge is 2.22. The number of hydrogen-bond acceptors (Lipinski definition) is 8. The van der Waals surface area contributed by atoms with Crippen molar-refractivity contribution in [1.82, 2.24) is 0 Å². The van der Waals surface area contributed by atoms with Gasteiger partial charge in [0.2, 0.25) is 0 Å². The van der Waals surface area contributed by atoms with Crippen molar-refractivity contribution in [2.24, 2.45) is 0 Å². The van der Waals surface area contributed by atoms with Crippen molar-refractivity contribution in [3.8, 4) is 0 Å². The molecule has 10 heteroatoms. The SMILES string of the molecule is CC/C=C\C/C=C\C/C=C\C/C=C\C/C=C\CCCCCCCCCCCCCCCCCCCCCCCC(=O)OC(COC(=O)CCCCCCCCCCCCC/C=C\C/C=C\C/C=C\C/C=C\C/C=C\CC)COP(=O)([O-])OCC[N+](C)(C)C. The van der Waals surface area contributed by atoms with E-state index in [1.165, 1.54) is 167 Å². The average molecular weight is 1250 g/mol. The number of phosphoric acid groups is 1. The van der Waals surface area contributed by atoms with Gasteiger partial charge in [-0.3, -0.25) is 14.2 Å². The lowest BCUT2D eigenvalue weighted by atomic mass is 10.0. The number of nitrogens with zero attached hydrogens (tertiary/aromatic N) is 1. The minimum atomic E-state index is -4.65. The summed E-state index contributed by atoms with van der Waals surface area (Å²) in [5.41, 5.74) is 0. The Labute approximate surface area is 543 Å². The number of likely N-dealkylation sites (N-methyl/N-ethyl adjacent to an activating group) is 1. The minimum absolute atomic E-state index is 0.0343. The van der Waals surface area contributed by atoms with Gasteiger partial charge < -0.3 is 27.9 Å². The van der Waals surface area contributed by atoms with Crippen LogP contribution in [-0.4, -0.2) is 70.0 Å². The van der Waals surface area contributed by atoms with Gasteiger partial charge >= 0.3 is 11.9 Å². The Morgan fingerprint density at radius 2 is 0.614 bits per heavy atom. The lowest BCUT2D eigenvalue weighted by Crippen LogP contribution is -2.37. The quantitative estimate of drug-likeness (QED) is 0.0195. The number of allylic oxidation sites excluding steroid dienone is 20. The fraction of sp³-hybridized carbons (Fsp3) is 0.718. The third-order valence-electron chi connectivity index (χ3n) is 15.5. The zero-order valence-electron chi connectivity index (χ0n) is 57.6. The van der Waals surface area contributed by atoms with Crippen molar-refractivity contribution in [2.75, 3.05) is 47.5 Å². The summed E-state index contributed by atoms with van der Waals surface area (Å²) in [4.78, 5) is 38.1. The van der Waals surface area contributed by atoms with E-state index in [1.807, 2.05) is 21.1 Å². The van der Waals surface area contributed by atoms with Crippen molar-refractivity contribution in [3.05, 3.63) is 122 Å². The van der Waals surface area contributed by atoms with E-state index in [9.17, 15) is 19.0 Å². The number of ether oxygens (including phenoxy) is 2. The van der Waals surface area contributed by atoms with Gasteiger partial charge in [-0.15, -0.1) is 0 Å². The Morgan fingerprint density at radius 3 is 0.909 bits per heavy atom. The zero-order valence-corrected chi connectivity index (χ0v) is 58.5. The first-order valence-electron chi connectivity index (χ1n) is 36.2. The van der Waals surface area contributed by atoms with E-state index in [1.54, 1.807) is 0 Å². The molecule has 0 N–H and O–H groups in total. The predicted molar refractivity (Wildman–Crippen MR) is 378 cm³/mol. The summed E-state index contributed by atoms with van der Waals surface area (Å²) >= 11 is 0. The topological polar surface area (TPSA) is 111 Å². The number of quaternary nitrogens is 1. The first kappa shape index (κ1) is 84.4. The average Bonchev–Trinajstić information content (AvgIpc) is 3.68. The molecule has 0 aliphatic heterocycles. The van der Waals surface area contributed by atoms with E-state index in [-0.39, 0.29) is 32.0 Å². The summed E-state index contributed by atoms with van der Waals surface area (Å²) in [6.07, 6.45) is 97.2. The van der Waals surface area contributed by atoms with E-state index in [0.717, 1.165) is 109 Å². The third-order valence-corrected chi connectivity index (χ3v) is 16.4. The van der Waals surface area contributed by atoms with Crippen molar-refractivity contribution in [1.29, 1.82) is 0 Å². The summed E-state index contributed by atoms with van der Waals surface area (Å²) in [6.45, 7) is 4.04. The molecule has 0 amide bonds. The van der Waals surface area contributed by atoms with Crippen LogP contribution in [0.5, 0.6) is 0 Å². The van der Waals surface area contributed by atoms with Crippen LogP contribution in [0.15, 0.2) is 122 Å². The molecule has 9 nitrogen and oxygen atoms in total. The molecule has 0 aromatic carbocycles. The van der Waals surface area contributed by atoms with Crippen LogP contribution in [-0.2, 0) is 32.7 Å². The van der Waals surface area contributed by atoms with Gasteiger partial charge in [-0.05, 0) is 103 Å². The molecule has 0 spiro atoms. The molecule has 506 valence electrons. The maximum atomic E-state index is 12.9. The molecule has 0 aromatic heterocycles. The smallest absolute Gasteiger partial charge is 0.306 e. The molecule has 0 aromatic rings. The Hall–Kier alpha value is -3.59. The number of hydrogen-bond donors (Lipinski definition) is 0. The highest BCUT2D eigenvalue weighted by atomic mass is 31.2. The summed E-state index contributed by atoms with van der Waals surface area (Å²) in [5.74, 6) is -0.830. The molecule has 0 saturated carbocycles. The molecular weight excluding hydrogens is 1110 g/mol. The monoisotopic (exact) mass is 1250 g/mol. The van der Waals surface area contributed by atoms with Crippen LogP contribution in [0.3, 0.4) is 0 Å². The van der Waals surface area contributed by atoms with E-state index in [2.05, 4.69) is 135 Å². The number of carbonyl (C=O) groups excluding carboxylic acids is 2. The van der Waals surface area contributed by atoms with Crippen LogP contribution in [0, 0.1) is 0 Å². The Bertz CT molecular complexity index is 1900. The lowest BCUT2D eigenvalue weighted by molar-refractivity contribution is -0.870. The molecule has 0 heterocycles. The fourth-order valence-corrected chi connectivity index (χ4v) is 10.7. The molecule has 2 atom stereocenters. The van der Waals surface area contributed by atoms with Crippen LogP contribution in [0.4, 0.5) is 0 Å². The first-order chi connectivity index (χ1) is 43.0. The van der Waals surface area contributed by atoms with Crippen LogP contribution in [0.1, 0.15) is 309 Å². The second kappa shape index (κ2) is 67.8. The van der Waals surface area contributed by atoms with Crippen molar-refractivity contribution < 1.29 is 42.1 Å². The second-order valence-corrected chi connectivity index (χ2v) is 26.6. The van der Waals surface area contributed by atoms with Gasteiger partial charge in [0, 0.05) is 12.8 Å². The predicted octanol–water partition coefficient (Wildman–Crippen LogP) is 23.2. The van der Waals surface area contributed by atoms with Gasteiger partial charge in [-0.1, -0.05) is 315 Å². The Balaban J connectivity index is 4.00. The van der Waals surface area contributed by atoms with Gasteiger partial charge in [-0.25, -0.2) is 0 Å². The van der Waals surface area contributed by atoms with Crippen LogP contribution >= 0.6 is 7.82 Å². The summed E-state index contributed by atoms with van der Waals surface area (Å²) in [5, 5.41) is 0. The highest BCUT2D eigenvalue weighted by Crippen LogP contribution is 2.38. The third kappa shape index (κ3) is 71.5. The minimum Gasteiger partial charge on any atom is -0.756 e. The van der Waals surface area contributed by atoms with Crippen LogP contribution in [0.2, 0.25) is 0 Å². The second-order valence-electron chi connectivity index (χ2n) is 25.2. The van der Waals surface area contributed by atoms with Crippen molar-refractivity contribution in [3.63, 3.8) is 0 Å². The summed E-state index contributed by atoms with van der Waals surface area (Å²) in [6, 6.07) is 0. The number of esters is 2. The van der Waals surface area contributed by atoms with Crippen LogP contribution in [0.25, 0.3) is 0 Å². The molecule has 0 rings (SSSR count). The number of carbonyl (C=O) groups is 2. The van der Waals surface area contributed by atoms with E-state index >= 15 is 0 Å². The van der Waals surface area contributed by atoms with E-state index in [4.69, 9.17) is 18.5 Å². The molecule has 88 heavy (non-hydrogen) atoms. The zero-order chi connectivity index (χ0) is 64.1. The first-order valence-corrected chi connectivity index (χ1v) is 37.7. The molecule has 0 aliphatic carbocycles. The van der Waals surface area contributed by atoms with Gasteiger partial charge in [0.15, 0.2) is 6.10 Å². The molecule has 0 fully saturated rings. The highest BCUT2D eigenvalue weighted by molar-refractivity contribution is 7.45. The van der Waals surface area contributed by atoms with Gasteiger partial charge in [0.1, 0.15) is 19.8 Å². The fourth-order valence-electron chi connectivity index (χ4n) is 10.0. The van der Waals surface area contributed by atoms with Crippen molar-refractivity contribution >= 4 is 19.8 Å². The molecule has 0 radical (unpaired) electrons. The number of phosphoric ester groups is 1. The van der Waals surface area contributed by atoms with Crippen LogP contribution < -0.4 is 4.89 Å². The standard InChI is InChI=1S/C78H136NO8P/c1-6-8-10-12-14-16-18-20-22-24-26-28-30-32-34-35-36-37-38-39-40-41-42-43-45-47-49-51-53-55-57-59-61-63-65-67-69-71-78(81)87-76(75-86-88(82,83)85-73-72-79(3,4)5)74-84-77(80)70-68-66-64-62-60-58-56-54-52-50-48-46-44-33-31-29-27-25-23-21-19-17-15-13-11-9-7-2/h8-11,14-17,20-23,26-29,32-34,44,76H,6-7,12-13,18-19,24-25,30-31,35-43,45-75H2,1-5H3/b10-8-,11-9-,16-14-,17-15-,22-20-,23-21-,28-26-,29-27-,34-32-,44-33-. The van der Waals surface area contributed by atoms with E-state index < -0.39 is 26.5 Å². The number of rotatable bonds is 66.